The molecule has 2 unspecified atom stereocenters. The summed E-state index contributed by atoms with van der Waals surface area (Å²) in [7, 11) is 0. The van der Waals surface area contributed by atoms with E-state index in [0.717, 1.165) is 0 Å². The minimum atomic E-state index is -2.18. The molecule has 2 atom stereocenters. The van der Waals surface area contributed by atoms with Gasteiger partial charge >= 0.3 is 0 Å². The van der Waals surface area contributed by atoms with E-state index in [0.29, 0.717) is 22.3 Å². The van der Waals surface area contributed by atoms with Crippen LogP contribution in [0.25, 0.3) is 0 Å². The Morgan fingerprint density at radius 2 is 1.14 bits per heavy atom. The smallest absolute Gasteiger partial charge is 0.221 e. The standard InChI is InChI=1S/C16H14O5/c17-15(18)11-5-1-3-9(7-11)13(15)21-14-10-4-2-6-12(8-10)16(14,19)20/h1-8,13-14,17-20H. The average molecular weight is 286 g/mol. The molecule has 0 heterocycles. The van der Waals surface area contributed by atoms with Crippen LogP contribution in [0, 0.1) is 0 Å². The summed E-state index contributed by atoms with van der Waals surface area (Å²) in [5, 5.41) is 41.0. The summed E-state index contributed by atoms with van der Waals surface area (Å²) < 4.78 is 5.71. The molecule has 5 heteroatoms. The minimum absolute atomic E-state index is 0.330. The molecule has 0 aliphatic heterocycles. The van der Waals surface area contributed by atoms with Crippen LogP contribution in [0.2, 0.25) is 0 Å². The maximum atomic E-state index is 10.3. The van der Waals surface area contributed by atoms with Crippen molar-refractivity contribution < 1.29 is 25.2 Å². The van der Waals surface area contributed by atoms with Gasteiger partial charge in [0.1, 0.15) is 12.2 Å². The monoisotopic (exact) mass is 286 g/mol. The van der Waals surface area contributed by atoms with E-state index in [4.69, 9.17) is 4.74 Å². The molecule has 0 saturated carbocycles. The van der Waals surface area contributed by atoms with E-state index in [2.05, 4.69) is 0 Å². The zero-order valence-corrected chi connectivity index (χ0v) is 11.0. The van der Waals surface area contributed by atoms with Crippen LogP contribution >= 0.6 is 0 Å². The molecule has 0 radical (unpaired) electrons. The molecule has 5 nitrogen and oxygen atoms in total. The molecule has 4 rings (SSSR count). The van der Waals surface area contributed by atoms with Crippen molar-refractivity contribution in [3.05, 3.63) is 70.8 Å². The van der Waals surface area contributed by atoms with Crippen LogP contribution in [0.5, 0.6) is 0 Å². The van der Waals surface area contributed by atoms with Crippen molar-refractivity contribution in [3.63, 3.8) is 0 Å². The number of aliphatic hydroxyl groups is 4. The van der Waals surface area contributed by atoms with Gasteiger partial charge in [0.2, 0.25) is 11.6 Å². The van der Waals surface area contributed by atoms with Crippen molar-refractivity contribution >= 4 is 0 Å². The molecule has 0 aromatic heterocycles. The van der Waals surface area contributed by atoms with E-state index in [-0.39, 0.29) is 0 Å². The summed E-state index contributed by atoms with van der Waals surface area (Å²) in [5.74, 6) is -4.35. The van der Waals surface area contributed by atoms with E-state index >= 15 is 0 Å². The third-order valence-corrected chi connectivity index (χ3v) is 4.23. The van der Waals surface area contributed by atoms with E-state index in [1.54, 1.807) is 48.5 Å². The van der Waals surface area contributed by atoms with Crippen molar-refractivity contribution in [1.29, 1.82) is 0 Å². The first-order chi connectivity index (χ1) is 9.90. The Bertz CT molecular complexity index is 661. The quantitative estimate of drug-likeness (QED) is 0.613. The average Bonchev–Trinajstić information content (AvgIpc) is 2.73. The third-order valence-electron chi connectivity index (χ3n) is 4.23. The molecule has 0 amide bonds. The Morgan fingerprint density at radius 3 is 1.52 bits per heavy atom. The fourth-order valence-electron chi connectivity index (χ4n) is 3.11. The van der Waals surface area contributed by atoms with Crippen LogP contribution in [0.4, 0.5) is 0 Å². The van der Waals surface area contributed by atoms with Crippen LogP contribution in [-0.2, 0) is 16.3 Å². The number of rotatable bonds is 2. The zero-order valence-electron chi connectivity index (χ0n) is 11.0. The number of hydrogen-bond donors (Lipinski definition) is 4. The summed E-state index contributed by atoms with van der Waals surface area (Å²) in [6.07, 6.45) is -2.14. The fraction of sp³-hybridized carbons (Fsp3) is 0.250. The maximum absolute atomic E-state index is 10.3. The molecule has 4 bridgehead atoms. The SMILES string of the molecule is OC1(O)c2cccc(c2)C1OC1c2cccc(c2)C1(O)O. The highest BCUT2D eigenvalue weighted by atomic mass is 16.6. The van der Waals surface area contributed by atoms with Gasteiger partial charge in [0.05, 0.1) is 0 Å². The van der Waals surface area contributed by atoms with Gasteiger partial charge in [0.25, 0.3) is 0 Å². The summed E-state index contributed by atoms with van der Waals surface area (Å²) in [4.78, 5) is 0. The molecule has 2 aromatic rings. The van der Waals surface area contributed by atoms with Crippen LogP contribution in [0.1, 0.15) is 34.5 Å². The van der Waals surface area contributed by atoms with Gasteiger partial charge in [-0.25, -0.2) is 0 Å². The Hall–Kier alpha value is -1.76. The number of ether oxygens (including phenoxy) is 1. The molecule has 2 aliphatic rings. The lowest BCUT2D eigenvalue weighted by atomic mass is 10.1. The molecule has 108 valence electrons. The first-order valence-corrected chi connectivity index (χ1v) is 6.66. The molecule has 0 spiro atoms. The lowest BCUT2D eigenvalue weighted by Gasteiger charge is -2.33. The zero-order chi connectivity index (χ0) is 14.8. The molecule has 0 fully saturated rings. The van der Waals surface area contributed by atoms with Crippen molar-refractivity contribution in [3.8, 4) is 0 Å². The molecule has 21 heavy (non-hydrogen) atoms. The van der Waals surface area contributed by atoms with Crippen LogP contribution in [-0.4, -0.2) is 20.4 Å². The summed E-state index contributed by atoms with van der Waals surface area (Å²) in [6, 6.07) is 13.3. The van der Waals surface area contributed by atoms with Gasteiger partial charge in [-0.15, -0.1) is 0 Å². The maximum Gasteiger partial charge on any atom is 0.221 e. The topological polar surface area (TPSA) is 90.2 Å². The van der Waals surface area contributed by atoms with Gasteiger partial charge in [-0.3, -0.25) is 0 Å². The van der Waals surface area contributed by atoms with Crippen molar-refractivity contribution in [2.75, 3.05) is 0 Å². The Kier molecular flexibility index (Phi) is 2.41. The first-order valence-electron chi connectivity index (χ1n) is 6.66. The predicted octanol–water partition coefficient (Wildman–Crippen LogP) is 0.788. The fourth-order valence-corrected chi connectivity index (χ4v) is 3.11. The van der Waals surface area contributed by atoms with E-state index in [1.165, 1.54) is 0 Å². The summed E-state index contributed by atoms with van der Waals surface area (Å²) >= 11 is 0. The van der Waals surface area contributed by atoms with Gasteiger partial charge in [-0.1, -0.05) is 36.4 Å². The Labute approximate surface area is 120 Å². The second-order valence-electron chi connectivity index (χ2n) is 5.60. The van der Waals surface area contributed by atoms with E-state index in [9.17, 15) is 20.4 Å². The highest BCUT2D eigenvalue weighted by Gasteiger charge is 2.51. The van der Waals surface area contributed by atoms with E-state index in [1.807, 2.05) is 0 Å². The highest BCUT2D eigenvalue weighted by Crippen LogP contribution is 2.50. The van der Waals surface area contributed by atoms with Gasteiger partial charge in [0, 0.05) is 11.1 Å². The molecule has 0 saturated heterocycles. The van der Waals surface area contributed by atoms with Crippen LogP contribution in [0.15, 0.2) is 48.5 Å². The highest BCUT2D eigenvalue weighted by molar-refractivity contribution is 5.40. The Morgan fingerprint density at radius 1 is 0.714 bits per heavy atom. The molecule has 2 aromatic carbocycles. The minimum Gasteiger partial charge on any atom is -0.360 e. The second kappa shape index (κ2) is 3.91. The van der Waals surface area contributed by atoms with Gasteiger partial charge in [0.15, 0.2) is 0 Å². The first kappa shape index (κ1) is 12.9. The van der Waals surface area contributed by atoms with Crippen LogP contribution in [0.3, 0.4) is 0 Å². The number of fused-ring (bicyclic) bond motifs is 4. The third kappa shape index (κ3) is 1.64. The van der Waals surface area contributed by atoms with Crippen molar-refractivity contribution in [2.24, 2.45) is 0 Å². The molecular formula is C16H14O5. The molecule has 2 aliphatic carbocycles. The molecular weight excluding hydrogens is 272 g/mol. The lowest BCUT2D eigenvalue weighted by Crippen LogP contribution is -2.36. The predicted molar refractivity (Wildman–Crippen MR) is 71.7 cm³/mol. The van der Waals surface area contributed by atoms with Crippen molar-refractivity contribution in [2.45, 2.75) is 23.8 Å². The number of benzene rings is 2. The molecule has 4 N–H and O–H groups in total. The normalized spacial score (nSPS) is 27.0. The Balaban J connectivity index is 1.71. The summed E-state index contributed by atoms with van der Waals surface area (Å²) in [6.45, 7) is 0. The van der Waals surface area contributed by atoms with Crippen LogP contribution < -0.4 is 0 Å². The lowest BCUT2D eigenvalue weighted by molar-refractivity contribution is -0.308. The second-order valence-corrected chi connectivity index (χ2v) is 5.60. The van der Waals surface area contributed by atoms with Crippen molar-refractivity contribution in [1.82, 2.24) is 0 Å². The van der Waals surface area contributed by atoms with Gasteiger partial charge < -0.3 is 25.2 Å². The van der Waals surface area contributed by atoms with Gasteiger partial charge in [-0.2, -0.15) is 0 Å². The van der Waals surface area contributed by atoms with E-state index < -0.39 is 23.8 Å². The van der Waals surface area contributed by atoms with Gasteiger partial charge in [-0.05, 0) is 23.3 Å². The largest absolute Gasteiger partial charge is 0.360 e. The summed E-state index contributed by atoms with van der Waals surface area (Å²) in [5.41, 5.74) is 1.84. The number of hydrogen-bond acceptors (Lipinski definition) is 5.